The van der Waals surface area contributed by atoms with E-state index in [0.717, 1.165) is 45.7 Å². The van der Waals surface area contributed by atoms with E-state index in [-0.39, 0.29) is 19.0 Å². The van der Waals surface area contributed by atoms with Crippen LogP contribution < -0.4 is 9.47 Å². The van der Waals surface area contributed by atoms with Crippen LogP contribution in [0.3, 0.4) is 0 Å². The van der Waals surface area contributed by atoms with Crippen molar-refractivity contribution in [1.82, 2.24) is 9.55 Å². The molecule has 8 heteroatoms. The number of nitrogens with zero attached hydrogens (tertiary/aromatic N) is 2. The number of hydrogen-bond donors (Lipinski definition) is 0. The molecule has 0 saturated heterocycles. The highest BCUT2D eigenvalue weighted by Crippen LogP contribution is 2.33. The SMILES string of the molecule is COc1cccc(Cn2c(C)c(C)c3nccc(OCc4ccc(C(F)(F)F)cc4)c32)c1.Cl. The lowest BCUT2D eigenvalue weighted by Gasteiger charge is -2.14. The van der Waals surface area contributed by atoms with Gasteiger partial charge in [0.05, 0.1) is 18.2 Å². The van der Waals surface area contributed by atoms with Crippen LogP contribution in [0.1, 0.15) is 27.9 Å². The Hall–Kier alpha value is -3.19. The van der Waals surface area contributed by atoms with Crippen molar-refractivity contribution in [2.75, 3.05) is 7.11 Å². The van der Waals surface area contributed by atoms with E-state index in [9.17, 15) is 13.2 Å². The van der Waals surface area contributed by atoms with Crippen LogP contribution in [0.15, 0.2) is 60.8 Å². The Kier molecular flexibility index (Phi) is 7.22. The molecule has 4 nitrogen and oxygen atoms in total. The molecule has 0 N–H and O–H groups in total. The Bertz CT molecular complexity index is 1250. The number of fused-ring (bicyclic) bond motifs is 1. The van der Waals surface area contributed by atoms with Crippen LogP contribution in [0, 0.1) is 13.8 Å². The van der Waals surface area contributed by atoms with E-state index in [1.807, 2.05) is 38.1 Å². The molecule has 33 heavy (non-hydrogen) atoms. The Labute approximate surface area is 196 Å². The molecule has 0 radical (unpaired) electrons. The number of ether oxygens (including phenoxy) is 2. The van der Waals surface area contributed by atoms with Crippen molar-refractivity contribution >= 4 is 23.4 Å². The highest BCUT2D eigenvalue weighted by atomic mass is 35.5. The highest BCUT2D eigenvalue weighted by Gasteiger charge is 2.30. The van der Waals surface area contributed by atoms with Crippen LogP contribution in [0.25, 0.3) is 11.0 Å². The zero-order valence-electron chi connectivity index (χ0n) is 18.4. The van der Waals surface area contributed by atoms with E-state index in [1.165, 1.54) is 12.1 Å². The van der Waals surface area contributed by atoms with E-state index < -0.39 is 11.7 Å². The predicted octanol–water partition coefficient (Wildman–Crippen LogP) is 6.73. The summed E-state index contributed by atoms with van der Waals surface area (Å²) in [6.07, 6.45) is -2.67. The summed E-state index contributed by atoms with van der Waals surface area (Å²) in [5.41, 5.74) is 4.88. The summed E-state index contributed by atoms with van der Waals surface area (Å²) in [7, 11) is 1.64. The van der Waals surface area contributed by atoms with E-state index in [4.69, 9.17) is 9.47 Å². The Morgan fingerprint density at radius 3 is 2.36 bits per heavy atom. The van der Waals surface area contributed by atoms with Gasteiger partial charge in [0, 0.05) is 24.5 Å². The molecule has 0 saturated carbocycles. The average molecular weight is 477 g/mol. The summed E-state index contributed by atoms with van der Waals surface area (Å²) in [5, 5.41) is 0. The number of pyridine rings is 1. The first-order valence-electron chi connectivity index (χ1n) is 10.1. The highest BCUT2D eigenvalue weighted by molar-refractivity contribution is 5.86. The normalized spacial score (nSPS) is 11.3. The fourth-order valence-electron chi connectivity index (χ4n) is 3.73. The first-order chi connectivity index (χ1) is 15.3. The van der Waals surface area contributed by atoms with Crippen LogP contribution in [-0.2, 0) is 19.3 Å². The van der Waals surface area contributed by atoms with Gasteiger partial charge in [-0.2, -0.15) is 13.2 Å². The maximum absolute atomic E-state index is 12.8. The van der Waals surface area contributed by atoms with Crippen molar-refractivity contribution < 1.29 is 22.6 Å². The van der Waals surface area contributed by atoms with Crippen LogP contribution in [0.5, 0.6) is 11.5 Å². The van der Waals surface area contributed by atoms with Crippen LogP contribution in [-0.4, -0.2) is 16.7 Å². The molecule has 4 rings (SSSR count). The lowest BCUT2D eigenvalue weighted by atomic mass is 10.1. The molecule has 2 aromatic carbocycles. The topological polar surface area (TPSA) is 36.3 Å². The van der Waals surface area contributed by atoms with Gasteiger partial charge in [-0.25, -0.2) is 0 Å². The molecule has 0 aliphatic heterocycles. The van der Waals surface area contributed by atoms with Gasteiger partial charge in [0.15, 0.2) is 0 Å². The van der Waals surface area contributed by atoms with Crippen molar-refractivity contribution in [2.24, 2.45) is 0 Å². The third-order valence-electron chi connectivity index (χ3n) is 5.61. The van der Waals surface area contributed by atoms with Gasteiger partial charge in [-0.15, -0.1) is 12.4 Å². The zero-order valence-corrected chi connectivity index (χ0v) is 19.3. The van der Waals surface area contributed by atoms with Crippen LogP contribution >= 0.6 is 12.4 Å². The second-order valence-corrected chi connectivity index (χ2v) is 7.64. The van der Waals surface area contributed by atoms with E-state index in [2.05, 4.69) is 9.55 Å². The minimum absolute atomic E-state index is 0. The molecule has 0 atom stereocenters. The Balaban J connectivity index is 0.00000306. The molecule has 0 aliphatic carbocycles. The molecule has 174 valence electrons. The predicted molar refractivity (Wildman–Crippen MR) is 124 cm³/mol. The summed E-state index contributed by atoms with van der Waals surface area (Å²) in [6, 6.07) is 14.7. The molecule has 2 heterocycles. The molecule has 0 fully saturated rings. The molecule has 0 aliphatic rings. The maximum Gasteiger partial charge on any atom is 0.416 e. The van der Waals surface area contributed by atoms with Gasteiger partial charge in [-0.1, -0.05) is 24.3 Å². The lowest BCUT2D eigenvalue weighted by molar-refractivity contribution is -0.137. The fourth-order valence-corrected chi connectivity index (χ4v) is 3.73. The maximum atomic E-state index is 12.8. The molecule has 0 bridgehead atoms. The molecular formula is C25H24ClF3N2O2. The van der Waals surface area contributed by atoms with Crippen molar-refractivity contribution in [3.8, 4) is 11.5 Å². The zero-order chi connectivity index (χ0) is 22.9. The van der Waals surface area contributed by atoms with Gasteiger partial charge >= 0.3 is 6.18 Å². The number of rotatable bonds is 6. The summed E-state index contributed by atoms with van der Waals surface area (Å²) in [6.45, 7) is 4.82. The second-order valence-electron chi connectivity index (χ2n) is 7.64. The first-order valence-corrected chi connectivity index (χ1v) is 10.1. The van der Waals surface area contributed by atoms with Crippen molar-refractivity contribution in [3.05, 3.63) is 88.7 Å². The number of aromatic nitrogens is 2. The number of halogens is 4. The molecule has 0 unspecified atom stereocenters. The van der Waals surface area contributed by atoms with Crippen molar-refractivity contribution in [3.63, 3.8) is 0 Å². The number of hydrogen-bond acceptors (Lipinski definition) is 3. The fraction of sp³-hybridized carbons (Fsp3) is 0.240. The third-order valence-corrected chi connectivity index (χ3v) is 5.61. The van der Waals surface area contributed by atoms with Crippen LogP contribution in [0.4, 0.5) is 13.2 Å². The molecule has 0 spiro atoms. The molecule has 4 aromatic rings. The Morgan fingerprint density at radius 1 is 0.970 bits per heavy atom. The van der Waals surface area contributed by atoms with E-state index in [1.54, 1.807) is 19.4 Å². The molecule has 2 aromatic heterocycles. The van der Waals surface area contributed by atoms with Crippen LogP contribution in [0.2, 0.25) is 0 Å². The quantitative estimate of drug-likeness (QED) is 0.309. The minimum Gasteiger partial charge on any atom is -0.497 e. The monoisotopic (exact) mass is 476 g/mol. The first kappa shape index (κ1) is 24.5. The average Bonchev–Trinajstić information content (AvgIpc) is 3.03. The Morgan fingerprint density at radius 2 is 1.70 bits per heavy atom. The summed E-state index contributed by atoms with van der Waals surface area (Å²) in [5.74, 6) is 1.42. The molecular weight excluding hydrogens is 453 g/mol. The largest absolute Gasteiger partial charge is 0.497 e. The smallest absolute Gasteiger partial charge is 0.416 e. The van der Waals surface area contributed by atoms with Gasteiger partial charge in [0.1, 0.15) is 23.6 Å². The number of alkyl halides is 3. The van der Waals surface area contributed by atoms with E-state index >= 15 is 0 Å². The number of methoxy groups -OCH3 is 1. The standard InChI is InChI=1S/C25H23F3N2O2.ClH/c1-16-17(2)30(14-19-5-4-6-21(13-19)31-3)24-22(11-12-29-23(16)24)32-15-18-7-9-20(10-8-18)25(26,27)28;/h4-13H,14-15H2,1-3H3;1H. The third kappa shape index (κ3) is 5.09. The van der Waals surface area contributed by atoms with Gasteiger partial charge in [0.25, 0.3) is 0 Å². The summed E-state index contributed by atoms with van der Waals surface area (Å²) < 4.78 is 52.0. The summed E-state index contributed by atoms with van der Waals surface area (Å²) >= 11 is 0. The number of aryl methyl sites for hydroxylation is 1. The van der Waals surface area contributed by atoms with Crippen molar-refractivity contribution in [2.45, 2.75) is 33.2 Å². The second kappa shape index (κ2) is 9.75. The molecule has 0 amide bonds. The number of benzene rings is 2. The van der Waals surface area contributed by atoms with Gasteiger partial charge in [0.2, 0.25) is 0 Å². The van der Waals surface area contributed by atoms with E-state index in [0.29, 0.717) is 17.9 Å². The van der Waals surface area contributed by atoms with Gasteiger partial charge in [-0.05, 0) is 54.8 Å². The van der Waals surface area contributed by atoms with Crippen molar-refractivity contribution in [1.29, 1.82) is 0 Å². The van der Waals surface area contributed by atoms with Gasteiger partial charge < -0.3 is 14.0 Å². The minimum atomic E-state index is -4.35. The lowest BCUT2D eigenvalue weighted by Crippen LogP contribution is -2.06. The van der Waals surface area contributed by atoms with Gasteiger partial charge in [-0.3, -0.25) is 4.98 Å². The summed E-state index contributed by atoms with van der Waals surface area (Å²) in [4.78, 5) is 4.54.